The molecule has 0 saturated carbocycles. The Morgan fingerprint density at radius 2 is 1.74 bits per heavy atom. The molecule has 0 bridgehead atoms. The molecule has 3 aromatic carbocycles. The molecule has 0 spiro atoms. The number of aryl methyl sites for hydroxylation is 1. The zero-order valence-corrected chi connectivity index (χ0v) is 18.4. The molecule has 4 aromatic rings. The van der Waals surface area contributed by atoms with E-state index in [1.807, 2.05) is 48.4 Å². The molecule has 1 heterocycles. The number of halogens is 1. The van der Waals surface area contributed by atoms with Crippen LogP contribution in [0.1, 0.15) is 29.7 Å². The first-order chi connectivity index (χ1) is 15.1. The molecular formula is C26H25ClN2O2. The number of aromatic amines is 1. The minimum atomic E-state index is -0.232. The highest BCUT2D eigenvalue weighted by Gasteiger charge is 2.28. The van der Waals surface area contributed by atoms with Gasteiger partial charge < -0.3 is 14.6 Å². The fraction of sp³-hybridized carbons (Fsp3) is 0.192. The Labute approximate surface area is 187 Å². The number of benzene rings is 3. The number of rotatable bonds is 7. The molecular weight excluding hydrogens is 408 g/mol. The first-order valence-corrected chi connectivity index (χ1v) is 10.8. The van der Waals surface area contributed by atoms with Gasteiger partial charge in [0.2, 0.25) is 0 Å². The van der Waals surface area contributed by atoms with Crippen LogP contribution in [0.3, 0.4) is 0 Å². The van der Waals surface area contributed by atoms with Crippen LogP contribution < -0.4 is 4.74 Å². The molecule has 0 aliphatic carbocycles. The third-order valence-corrected chi connectivity index (χ3v) is 5.78. The monoisotopic (exact) mass is 432 g/mol. The van der Waals surface area contributed by atoms with E-state index < -0.39 is 0 Å². The van der Waals surface area contributed by atoms with E-state index in [9.17, 15) is 4.79 Å². The van der Waals surface area contributed by atoms with Gasteiger partial charge in [0.05, 0.1) is 11.1 Å². The highest BCUT2D eigenvalue weighted by Crippen LogP contribution is 2.34. The molecule has 0 aliphatic heterocycles. The molecule has 1 aromatic heterocycles. The number of ether oxygens (including phenoxy) is 1. The Balaban J connectivity index is 1.69. The number of carbonyl (C=O) groups is 1. The summed E-state index contributed by atoms with van der Waals surface area (Å²) >= 11 is 6.19. The van der Waals surface area contributed by atoms with Gasteiger partial charge in [-0.05, 0) is 37.6 Å². The molecule has 0 fully saturated rings. The molecule has 0 radical (unpaired) electrons. The molecule has 1 atom stereocenters. The van der Waals surface area contributed by atoms with Gasteiger partial charge in [0.25, 0.3) is 5.91 Å². The third kappa shape index (κ3) is 4.44. The van der Waals surface area contributed by atoms with E-state index in [-0.39, 0.29) is 18.6 Å². The van der Waals surface area contributed by atoms with Crippen molar-refractivity contribution in [2.45, 2.75) is 19.9 Å². The van der Waals surface area contributed by atoms with Gasteiger partial charge in [0.1, 0.15) is 5.75 Å². The predicted octanol–water partition coefficient (Wildman–Crippen LogP) is 6.15. The fourth-order valence-corrected chi connectivity index (χ4v) is 4.07. The van der Waals surface area contributed by atoms with Gasteiger partial charge in [-0.15, -0.1) is 0 Å². The number of amides is 1. The maximum atomic E-state index is 13.3. The number of aromatic nitrogens is 1. The van der Waals surface area contributed by atoms with Crippen molar-refractivity contribution in [3.8, 4) is 5.75 Å². The normalized spacial score (nSPS) is 12.0. The summed E-state index contributed by atoms with van der Waals surface area (Å²) in [7, 11) is 0. The van der Waals surface area contributed by atoms with Crippen molar-refractivity contribution in [2.75, 3.05) is 13.2 Å². The van der Waals surface area contributed by atoms with Crippen LogP contribution in [0.4, 0.5) is 0 Å². The lowest BCUT2D eigenvalue weighted by Crippen LogP contribution is -2.38. The molecule has 1 amide bonds. The lowest BCUT2D eigenvalue weighted by atomic mass is 9.95. The molecule has 158 valence electrons. The summed E-state index contributed by atoms with van der Waals surface area (Å²) in [5.41, 5.74) is 4.35. The number of hydrogen-bond donors (Lipinski definition) is 1. The van der Waals surface area contributed by atoms with Crippen LogP contribution in [-0.2, 0) is 4.79 Å². The van der Waals surface area contributed by atoms with Gasteiger partial charge in [-0.1, -0.05) is 71.8 Å². The van der Waals surface area contributed by atoms with Crippen LogP contribution in [0.5, 0.6) is 5.75 Å². The molecule has 1 N–H and O–H groups in total. The number of para-hydroxylation sites is 2. The van der Waals surface area contributed by atoms with E-state index >= 15 is 0 Å². The lowest BCUT2D eigenvalue weighted by molar-refractivity contribution is -0.134. The second-order valence-corrected chi connectivity index (χ2v) is 7.91. The first-order valence-electron chi connectivity index (χ1n) is 10.4. The van der Waals surface area contributed by atoms with Crippen molar-refractivity contribution in [1.29, 1.82) is 0 Å². The van der Waals surface area contributed by atoms with E-state index in [0.29, 0.717) is 17.3 Å². The van der Waals surface area contributed by atoms with Crippen molar-refractivity contribution in [1.82, 2.24) is 9.88 Å². The van der Waals surface area contributed by atoms with E-state index in [2.05, 4.69) is 42.2 Å². The SMILES string of the molecule is CCN(C(=O)COc1ccccc1Cl)[C@@H](c1ccc(C)cc1)c1c[nH]c2ccccc12. The maximum absolute atomic E-state index is 13.3. The number of nitrogens with one attached hydrogen (secondary N) is 1. The van der Waals surface area contributed by atoms with Gasteiger partial charge >= 0.3 is 0 Å². The zero-order chi connectivity index (χ0) is 21.8. The molecule has 4 rings (SSSR count). The van der Waals surface area contributed by atoms with Crippen molar-refractivity contribution >= 4 is 28.4 Å². The van der Waals surface area contributed by atoms with E-state index in [1.165, 1.54) is 5.56 Å². The van der Waals surface area contributed by atoms with Crippen LogP contribution >= 0.6 is 11.6 Å². The Morgan fingerprint density at radius 1 is 1.03 bits per heavy atom. The van der Waals surface area contributed by atoms with E-state index in [0.717, 1.165) is 22.0 Å². The summed E-state index contributed by atoms with van der Waals surface area (Å²) in [6.45, 7) is 4.51. The van der Waals surface area contributed by atoms with E-state index in [1.54, 1.807) is 12.1 Å². The minimum absolute atomic E-state index is 0.0811. The molecule has 31 heavy (non-hydrogen) atoms. The average Bonchev–Trinajstić information content (AvgIpc) is 3.21. The molecule has 5 heteroatoms. The molecule has 0 aliphatic rings. The number of nitrogens with zero attached hydrogens (tertiary/aromatic N) is 1. The maximum Gasteiger partial charge on any atom is 0.261 e. The summed E-state index contributed by atoms with van der Waals surface area (Å²) in [6, 6.07) is 23.4. The summed E-state index contributed by atoms with van der Waals surface area (Å²) in [6.07, 6.45) is 2.00. The number of H-pyrrole nitrogens is 1. The Bertz CT molecular complexity index is 1180. The van der Waals surface area contributed by atoms with Crippen LogP contribution in [0, 0.1) is 6.92 Å². The van der Waals surface area contributed by atoms with Crippen LogP contribution in [0.15, 0.2) is 79.0 Å². The second kappa shape index (κ2) is 9.27. The van der Waals surface area contributed by atoms with Gasteiger partial charge in [-0.2, -0.15) is 0 Å². The highest BCUT2D eigenvalue weighted by atomic mass is 35.5. The fourth-order valence-electron chi connectivity index (χ4n) is 3.88. The Morgan fingerprint density at radius 3 is 2.48 bits per heavy atom. The highest BCUT2D eigenvalue weighted by molar-refractivity contribution is 6.32. The van der Waals surface area contributed by atoms with Gasteiger partial charge in [0, 0.05) is 29.2 Å². The number of fused-ring (bicyclic) bond motifs is 1. The van der Waals surface area contributed by atoms with Gasteiger partial charge in [-0.25, -0.2) is 0 Å². The Hall–Kier alpha value is -3.24. The molecule has 4 nitrogen and oxygen atoms in total. The van der Waals surface area contributed by atoms with Gasteiger partial charge in [-0.3, -0.25) is 4.79 Å². The quantitative estimate of drug-likeness (QED) is 0.381. The number of carbonyl (C=O) groups excluding carboxylic acids is 1. The Kier molecular flexibility index (Phi) is 6.28. The number of hydrogen-bond acceptors (Lipinski definition) is 2. The first kappa shape index (κ1) is 21.0. The third-order valence-electron chi connectivity index (χ3n) is 5.47. The number of likely N-dealkylation sites (N-methyl/N-ethyl adjacent to an activating group) is 1. The topological polar surface area (TPSA) is 45.3 Å². The van der Waals surface area contributed by atoms with Crippen LogP contribution in [0.25, 0.3) is 10.9 Å². The van der Waals surface area contributed by atoms with Crippen LogP contribution in [-0.4, -0.2) is 28.9 Å². The lowest BCUT2D eigenvalue weighted by Gasteiger charge is -2.31. The molecule has 0 unspecified atom stereocenters. The smallest absolute Gasteiger partial charge is 0.261 e. The van der Waals surface area contributed by atoms with Gasteiger partial charge in [0.15, 0.2) is 6.61 Å². The average molecular weight is 433 g/mol. The predicted molar refractivity (Wildman–Crippen MR) is 126 cm³/mol. The van der Waals surface area contributed by atoms with Crippen molar-refractivity contribution in [3.63, 3.8) is 0 Å². The molecule has 0 saturated heterocycles. The largest absolute Gasteiger partial charge is 0.482 e. The van der Waals surface area contributed by atoms with E-state index in [4.69, 9.17) is 16.3 Å². The standard InChI is InChI=1S/C26H25ClN2O2/c1-3-29(25(30)17-31-24-11-7-5-9-22(24)27)26(19-14-12-18(2)13-15-19)21-16-28-23-10-6-4-8-20(21)23/h4-16,26,28H,3,17H2,1-2H3/t26-/m0/s1. The summed E-state index contributed by atoms with van der Waals surface area (Å²) in [5.74, 6) is 0.408. The van der Waals surface area contributed by atoms with Crippen molar-refractivity contribution < 1.29 is 9.53 Å². The summed E-state index contributed by atoms with van der Waals surface area (Å²) in [5, 5.41) is 1.59. The van der Waals surface area contributed by atoms with Crippen molar-refractivity contribution in [3.05, 3.63) is 101 Å². The van der Waals surface area contributed by atoms with Crippen LogP contribution in [0.2, 0.25) is 5.02 Å². The zero-order valence-electron chi connectivity index (χ0n) is 17.6. The summed E-state index contributed by atoms with van der Waals surface area (Å²) in [4.78, 5) is 18.5. The van der Waals surface area contributed by atoms with Crippen molar-refractivity contribution in [2.24, 2.45) is 0 Å². The summed E-state index contributed by atoms with van der Waals surface area (Å²) < 4.78 is 5.76. The minimum Gasteiger partial charge on any atom is -0.482 e. The second-order valence-electron chi connectivity index (χ2n) is 7.50.